The molecule has 3 aromatic rings. The highest BCUT2D eigenvalue weighted by Crippen LogP contribution is 2.37. The maximum absolute atomic E-state index is 12.9. The molecule has 1 aliphatic rings. The van der Waals surface area contributed by atoms with Crippen LogP contribution in [0.2, 0.25) is 5.02 Å². The number of aryl methyl sites for hydroxylation is 1. The first kappa shape index (κ1) is 19.8. The molecule has 1 aliphatic heterocycles. The van der Waals surface area contributed by atoms with Crippen LogP contribution in [0, 0.1) is 6.92 Å². The van der Waals surface area contributed by atoms with E-state index in [9.17, 15) is 4.79 Å². The summed E-state index contributed by atoms with van der Waals surface area (Å²) in [5.41, 5.74) is 5.20. The molecule has 1 unspecified atom stereocenters. The van der Waals surface area contributed by atoms with Crippen LogP contribution in [0.25, 0.3) is 11.1 Å². The predicted octanol–water partition coefficient (Wildman–Crippen LogP) is 5.57. The lowest BCUT2D eigenvalue weighted by Crippen LogP contribution is -2.30. The minimum Gasteiger partial charge on any atom is -0.380 e. The summed E-state index contributed by atoms with van der Waals surface area (Å²) in [7, 11) is 0. The molecule has 148 valence electrons. The second-order valence-electron chi connectivity index (χ2n) is 7.86. The van der Waals surface area contributed by atoms with Crippen molar-refractivity contribution in [3.8, 4) is 11.1 Å². The van der Waals surface area contributed by atoms with E-state index in [0.717, 1.165) is 34.4 Å². The van der Waals surface area contributed by atoms with Crippen LogP contribution in [0.3, 0.4) is 0 Å². The van der Waals surface area contributed by atoms with Gasteiger partial charge in [0.05, 0.1) is 6.61 Å². The minimum absolute atomic E-state index is 0.234. The number of hydrogen-bond acceptors (Lipinski definition) is 3. The molecule has 2 aromatic carbocycles. The molecule has 4 rings (SSSR count). The minimum atomic E-state index is -0.240. The Balaban J connectivity index is 1.46. The molecule has 29 heavy (non-hydrogen) atoms. The van der Waals surface area contributed by atoms with Crippen LogP contribution in [0.4, 0.5) is 0 Å². The number of Topliss-reactive ketones (excluding diaryl/α,β-unsaturated/α-hetero) is 1. The zero-order chi connectivity index (χ0) is 20.3. The number of ketones is 1. The molecule has 0 N–H and O–H groups in total. The van der Waals surface area contributed by atoms with Gasteiger partial charge in [0.25, 0.3) is 0 Å². The van der Waals surface area contributed by atoms with Crippen LogP contribution in [0.1, 0.15) is 29.7 Å². The molecular weight excluding hydrogens is 382 g/mol. The molecule has 0 radical (unpaired) electrons. The molecule has 2 heterocycles. The van der Waals surface area contributed by atoms with E-state index in [1.807, 2.05) is 55.6 Å². The molecule has 1 atom stereocenters. The van der Waals surface area contributed by atoms with Gasteiger partial charge in [-0.25, -0.2) is 0 Å². The smallest absolute Gasteiger partial charge is 0.138 e. The number of benzene rings is 2. The Morgan fingerprint density at radius 1 is 1.07 bits per heavy atom. The average Bonchev–Trinajstić information content (AvgIpc) is 3.18. The number of ether oxygens (including phenoxy) is 1. The third-order valence-corrected chi connectivity index (χ3v) is 5.93. The summed E-state index contributed by atoms with van der Waals surface area (Å²) in [6, 6.07) is 20.1. The van der Waals surface area contributed by atoms with Gasteiger partial charge in [-0.15, -0.1) is 0 Å². The molecule has 1 aromatic heterocycles. The van der Waals surface area contributed by atoms with Crippen LogP contribution in [-0.4, -0.2) is 24.0 Å². The number of hydrogen-bond donors (Lipinski definition) is 0. The fraction of sp³-hybridized carbons (Fsp3) is 0.280. The van der Waals surface area contributed by atoms with E-state index in [2.05, 4.69) is 23.2 Å². The first-order valence-corrected chi connectivity index (χ1v) is 10.3. The van der Waals surface area contributed by atoms with Gasteiger partial charge in [0.15, 0.2) is 0 Å². The summed E-state index contributed by atoms with van der Waals surface area (Å²) >= 11 is 6.04. The number of carbonyl (C=O) groups excluding carboxylic acids is 1. The highest BCUT2D eigenvalue weighted by molar-refractivity contribution is 6.30. The zero-order valence-corrected chi connectivity index (χ0v) is 17.3. The Morgan fingerprint density at radius 2 is 1.83 bits per heavy atom. The molecule has 4 heteroatoms. The van der Waals surface area contributed by atoms with E-state index < -0.39 is 0 Å². The van der Waals surface area contributed by atoms with Gasteiger partial charge >= 0.3 is 0 Å². The van der Waals surface area contributed by atoms with Gasteiger partial charge in [-0.3, -0.25) is 9.78 Å². The van der Waals surface area contributed by atoms with Crippen LogP contribution in [0.15, 0.2) is 66.9 Å². The molecule has 0 spiro atoms. The molecule has 0 aliphatic carbocycles. The Bertz CT molecular complexity index is 990. The van der Waals surface area contributed by atoms with Gasteiger partial charge in [0, 0.05) is 41.8 Å². The summed E-state index contributed by atoms with van der Waals surface area (Å²) in [6.07, 6.45) is 3.60. The van der Waals surface area contributed by atoms with Crippen LogP contribution >= 0.6 is 11.6 Å². The third-order valence-electron chi connectivity index (χ3n) is 5.68. The van der Waals surface area contributed by atoms with Gasteiger partial charge in [-0.2, -0.15) is 0 Å². The second-order valence-corrected chi connectivity index (χ2v) is 8.30. The topological polar surface area (TPSA) is 39.2 Å². The average molecular weight is 406 g/mol. The summed E-state index contributed by atoms with van der Waals surface area (Å²) in [6.45, 7) is 3.26. The van der Waals surface area contributed by atoms with Gasteiger partial charge in [0.2, 0.25) is 0 Å². The normalized spacial score (nSPS) is 18.7. The number of carbonyl (C=O) groups is 1. The van der Waals surface area contributed by atoms with Crippen molar-refractivity contribution < 1.29 is 9.53 Å². The number of rotatable bonds is 6. The Kier molecular flexibility index (Phi) is 5.79. The number of aromatic nitrogens is 1. The monoisotopic (exact) mass is 405 g/mol. The van der Waals surface area contributed by atoms with E-state index in [0.29, 0.717) is 31.1 Å². The fourth-order valence-corrected chi connectivity index (χ4v) is 4.21. The van der Waals surface area contributed by atoms with Crippen LogP contribution < -0.4 is 0 Å². The van der Waals surface area contributed by atoms with Crippen LogP contribution in [0.5, 0.6) is 0 Å². The van der Waals surface area contributed by atoms with E-state index in [-0.39, 0.29) is 11.2 Å². The van der Waals surface area contributed by atoms with Crippen molar-refractivity contribution in [1.82, 2.24) is 4.98 Å². The van der Waals surface area contributed by atoms with Crippen molar-refractivity contribution in [2.75, 3.05) is 13.2 Å². The summed E-state index contributed by atoms with van der Waals surface area (Å²) in [5, 5.41) is 0.707. The van der Waals surface area contributed by atoms with E-state index in [4.69, 9.17) is 16.3 Å². The van der Waals surface area contributed by atoms with Crippen LogP contribution in [-0.2, 0) is 21.4 Å². The zero-order valence-electron chi connectivity index (χ0n) is 16.5. The van der Waals surface area contributed by atoms with Gasteiger partial charge in [-0.05, 0) is 59.9 Å². The molecule has 0 amide bonds. The summed E-state index contributed by atoms with van der Waals surface area (Å²) in [4.78, 5) is 17.2. The van der Waals surface area contributed by atoms with Crippen molar-refractivity contribution in [2.24, 2.45) is 0 Å². The van der Waals surface area contributed by atoms with Crippen molar-refractivity contribution in [3.05, 3.63) is 88.7 Å². The standard InChI is InChI=1S/C25H24ClNO2/c1-18-14-21(10-12-27-18)20-4-2-19(3-5-20)15-24(28)16-25(11-13-29-17-25)22-6-8-23(26)9-7-22/h2-10,12,14H,11,13,15-17H2,1H3. The lowest BCUT2D eigenvalue weighted by molar-refractivity contribution is -0.119. The van der Waals surface area contributed by atoms with Crippen molar-refractivity contribution in [1.29, 1.82) is 0 Å². The molecule has 1 fully saturated rings. The summed E-state index contributed by atoms with van der Waals surface area (Å²) < 4.78 is 5.68. The van der Waals surface area contributed by atoms with E-state index in [1.54, 1.807) is 0 Å². The van der Waals surface area contributed by atoms with Crippen molar-refractivity contribution in [3.63, 3.8) is 0 Å². The number of halogens is 1. The first-order valence-electron chi connectivity index (χ1n) is 9.92. The second kappa shape index (κ2) is 8.48. The van der Waals surface area contributed by atoms with Crippen molar-refractivity contribution >= 4 is 17.4 Å². The van der Waals surface area contributed by atoms with E-state index >= 15 is 0 Å². The Morgan fingerprint density at radius 3 is 2.48 bits per heavy atom. The lowest BCUT2D eigenvalue weighted by Gasteiger charge is -2.27. The van der Waals surface area contributed by atoms with Gasteiger partial charge in [0.1, 0.15) is 5.78 Å². The summed E-state index contributed by atoms with van der Waals surface area (Å²) in [5.74, 6) is 0.234. The van der Waals surface area contributed by atoms with Gasteiger partial charge in [-0.1, -0.05) is 48.0 Å². The number of nitrogens with zero attached hydrogens (tertiary/aromatic N) is 1. The Hall–Kier alpha value is -2.49. The quantitative estimate of drug-likeness (QED) is 0.538. The maximum atomic E-state index is 12.9. The fourth-order valence-electron chi connectivity index (χ4n) is 4.09. The molecule has 0 bridgehead atoms. The third kappa shape index (κ3) is 4.58. The SMILES string of the molecule is Cc1cc(-c2ccc(CC(=O)CC3(c4ccc(Cl)cc4)CCOC3)cc2)ccn1. The predicted molar refractivity (Wildman–Crippen MR) is 116 cm³/mol. The Labute approximate surface area is 176 Å². The largest absolute Gasteiger partial charge is 0.380 e. The number of pyridine rings is 1. The molecule has 1 saturated heterocycles. The first-order chi connectivity index (χ1) is 14.0. The molecule has 0 saturated carbocycles. The maximum Gasteiger partial charge on any atom is 0.138 e. The highest BCUT2D eigenvalue weighted by atomic mass is 35.5. The lowest BCUT2D eigenvalue weighted by atomic mass is 9.75. The van der Waals surface area contributed by atoms with E-state index in [1.165, 1.54) is 0 Å². The molecule has 3 nitrogen and oxygen atoms in total. The molecular formula is C25H24ClNO2. The highest BCUT2D eigenvalue weighted by Gasteiger charge is 2.38. The van der Waals surface area contributed by atoms with Gasteiger partial charge < -0.3 is 4.74 Å². The van der Waals surface area contributed by atoms with Crippen molar-refractivity contribution in [2.45, 2.75) is 31.6 Å².